The zero-order chi connectivity index (χ0) is 28.7. The summed E-state index contributed by atoms with van der Waals surface area (Å²) in [6.45, 7) is 9.17. The summed E-state index contributed by atoms with van der Waals surface area (Å²) in [6, 6.07) is 3.80. The lowest BCUT2D eigenvalue weighted by molar-refractivity contribution is -0.148. The molecule has 0 aliphatic heterocycles. The standard InChI is InChI=1S/C30H46N4O5/c1-19-11-9-16-23(20(19)2)26(27(36)32-21-12-7-6-8-13-21)34(22-14-10-15-22)28(37)24(17-18-25(31)35)33-29(38)39-30(3,4)5/h9,11,16,21-22,24,26H,6-8,10,12-15,17-18H2,1-5H3,(H2,31,35)(H,32,36)(H,33,38). The molecule has 1 aromatic carbocycles. The Bertz CT molecular complexity index is 1040. The molecule has 2 saturated carbocycles. The number of ether oxygens (including phenoxy) is 1. The largest absolute Gasteiger partial charge is 0.444 e. The van der Waals surface area contributed by atoms with Crippen LogP contribution in [0.2, 0.25) is 0 Å². The molecule has 0 radical (unpaired) electrons. The fourth-order valence-corrected chi connectivity index (χ4v) is 5.37. The van der Waals surface area contributed by atoms with Gasteiger partial charge < -0.3 is 26.0 Å². The van der Waals surface area contributed by atoms with Crippen LogP contribution in [-0.2, 0) is 19.1 Å². The van der Waals surface area contributed by atoms with Crippen molar-refractivity contribution in [3.8, 4) is 0 Å². The third-order valence-electron chi connectivity index (χ3n) is 7.81. The first-order chi connectivity index (χ1) is 18.4. The monoisotopic (exact) mass is 542 g/mol. The number of primary amides is 1. The summed E-state index contributed by atoms with van der Waals surface area (Å²) < 4.78 is 5.42. The van der Waals surface area contributed by atoms with E-state index in [2.05, 4.69) is 10.6 Å². The summed E-state index contributed by atoms with van der Waals surface area (Å²) in [7, 11) is 0. The van der Waals surface area contributed by atoms with E-state index in [-0.39, 0.29) is 30.8 Å². The van der Waals surface area contributed by atoms with E-state index in [0.717, 1.165) is 68.1 Å². The molecule has 216 valence electrons. The quantitative estimate of drug-likeness (QED) is 0.405. The molecule has 0 heterocycles. The van der Waals surface area contributed by atoms with Crippen molar-refractivity contribution in [1.82, 2.24) is 15.5 Å². The van der Waals surface area contributed by atoms with Gasteiger partial charge in [-0.25, -0.2) is 4.79 Å². The molecule has 4 amide bonds. The lowest BCUT2D eigenvalue weighted by Crippen LogP contribution is -2.58. The average molecular weight is 543 g/mol. The number of nitrogens with zero attached hydrogens (tertiary/aromatic N) is 1. The number of rotatable bonds is 10. The summed E-state index contributed by atoms with van der Waals surface area (Å²) in [5, 5.41) is 5.92. The van der Waals surface area contributed by atoms with Crippen LogP contribution in [0, 0.1) is 13.8 Å². The van der Waals surface area contributed by atoms with Crippen LogP contribution in [0.25, 0.3) is 0 Å². The van der Waals surface area contributed by atoms with Crippen molar-refractivity contribution < 1.29 is 23.9 Å². The zero-order valence-corrected chi connectivity index (χ0v) is 24.2. The van der Waals surface area contributed by atoms with Gasteiger partial charge in [-0.05, 0) is 89.8 Å². The van der Waals surface area contributed by atoms with E-state index in [0.29, 0.717) is 0 Å². The van der Waals surface area contributed by atoms with Crippen molar-refractivity contribution in [2.75, 3.05) is 0 Å². The number of benzene rings is 1. The first-order valence-electron chi connectivity index (χ1n) is 14.3. The Kier molecular flexibility index (Phi) is 10.4. The van der Waals surface area contributed by atoms with Gasteiger partial charge in [-0.1, -0.05) is 37.5 Å². The molecule has 39 heavy (non-hydrogen) atoms. The van der Waals surface area contributed by atoms with Crippen LogP contribution >= 0.6 is 0 Å². The van der Waals surface area contributed by atoms with E-state index in [4.69, 9.17) is 10.5 Å². The number of aryl methyl sites for hydroxylation is 1. The lowest BCUT2D eigenvalue weighted by atomic mass is 9.86. The summed E-state index contributed by atoms with van der Waals surface area (Å²) in [6.07, 6.45) is 6.78. The number of hydrogen-bond donors (Lipinski definition) is 3. The predicted molar refractivity (Wildman–Crippen MR) is 150 cm³/mol. The van der Waals surface area contributed by atoms with Crippen molar-refractivity contribution in [1.29, 1.82) is 0 Å². The second kappa shape index (κ2) is 13.3. The lowest BCUT2D eigenvalue weighted by Gasteiger charge is -2.44. The highest BCUT2D eigenvalue weighted by molar-refractivity contribution is 5.93. The maximum Gasteiger partial charge on any atom is 0.408 e. The average Bonchev–Trinajstić information content (AvgIpc) is 2.81. The second-order valence-electron chi connectivity index (χ2n) is 12.1. The highest BCUT2D eigenvalue weighted by atomic mass is 16.6. The Morgan fingerprint density at radius 1 is 1.03 bits per heavy atom. The Morgan fingerprint density at radius 2 is 1.69 bits per heavy atom. The van der Waals surface area contributed by atoms with Crippen LogP contribution in [0.15, 0.2) is 18.2 Å². The molecule has 0 bridgehead atoms. The van der Waals surface area contributed by atoms with E-state index < -0.39 is 35.6 Å². The van der Waals surface area contributed by atoms with Crippen molar-refractivity contribution in [3.63, 3.8) is 0 Å². The van der Waals surface area contributed by atoms with E-state index >= 15 is 0 Å². The van der Waals surface area contributed by atoms with Gasteiger partial charge in [0, 0.05) is 18.5 Å². The van der Waals surface area contributed by atoms with Crippen molar-refractivity contribution in [3.05, 3.63) is 34.9 Å². The first kappa shape index (κ1) is 30.4. The smallest absolute Gasteiger partial charge is 0.408 e. The van der Waals surface area contributed by atoms with Crippen LogP contribution in [0.3, 0.4) is 0 Å². The summed E-state index contributed by atoms with van der Waals surface area (Å²) in [5.41, 5.74) is 7.40. The number of alkyl carbamates (subject to hydrolysis) is 1. The molecule has 2 aliphatic carbocycles. The molecule has 4 N–H and O–H groups in total. The van der Waals surface area contributed by atoms with Gasteiger partial charge in [-0.3, -0.25) is 14.4 Å². The first-order valence-corrected chi connectivity index (χ1v) is 14.3. The molecule has 2 unspecified atom stereocenters. The van der Waals surface area contributed by atoms with Crippen molar-refractivity contribution in [2.45, 2.75) is 129 Å². The van der Waals surface area contributed by atoms with Crippen LogP contribution in [0.5, 0.6) is 0 Å². The zero-order valence-electron chi connectivity index (χ0n) is 24.2. The van der Waals surface area contributed by atoms with Crippen LogP contribution < -0.4 is 16.4 Å². The third kappa shape index (κ3) is 8.44. The Hall–Kier alpha value is -3.10. The number of nitrogens with one attached hydrogen (secondary N) is 2. The fourth-order valence-electron chi connectivity index (χ4n) is 5.37. The Labute approximate surface area is 232 Å². The highest BCUT2D eigenvalue weighted by Gasteiger charge is 2.43. The van der Waals surface area contributed by atoms with Crippen LogP contribution in [-0.4, -0.2) is 52.4 Å². The van der Waals surface area contributed by atoms with Gasteiger partial charge in [0.05, 0.1) is 0 Å². The van der Waals surface area contributed by atoms with E-state index in [1.165, 1.54) is 0 Å². The molecule has 2 atom stereocenters. The molecule has 0 saturated heterocycles. The molecule has 3 rings (SSSR count). The van der Waals surface area contributed by atoms with Crippen LogP contribution in [0.4, 0.5) is 4.79 Å². The second-order valence-corrected chi connectivity index (χ2v) is 12.1. The summed E-state index contributed by atoms with van der Waals surface area (Å²) in [4.78, 5) is 54.5. The van der Waals surface area contributed by atoms with Crippen molar-refractivity contribution in [2.24, 2.45) is 5.73 Å². The maximum atomic E-state index is 14.3. The van der Waals surface area contributed by atoms with E-state index in [1.807, 2.05) is 32.0 Å². The number of amides is 4. The molecule has 1 aromatic rings. The molecule has 9 nitrogen and oxygen atoms in total. The minimum Gasteiger partial charge on any atom is -0.444 e. The molecule has 9 heteroatoms. The minimum absolute atomic E-state index is 0.0143. The Morgan fingerprint density at radius 3 is 2.26 bits per heavy atom. The molecular formula is C30H46N4O5. The SMILES string of the molecule is Cc1cccc(C(C(=O)NC2CCCCC2)N(C(=O)C(CCC(N)=O)NC(=O)OC(C)(C)C)C2CCC2)c1C. The number of nitrogens with two attached hydrogens (primary N) is 1. The number of hydrogen-bond acceptors (Lipinski definition) is 5. The van der Waals surface area contributed by atoms with Gasteiger partial charge in [-0.2, -0.15) is 0 Å². The van der Waals surface area contributed by atoms with Gasteiger partial charge in [-0.15, -0.1) is 0 Å². The van der Waals surface area contributed by atoms with E-state index in [1.54, 1.807) is 25.7 Å². The predicted octanol–water partition coefficient (Wildman–Crippen LogP) is 4.33. The molecule has 2 aliphatic rings. The van der Waals surface area contributed by atoms with Gasteiger partial charge >= 0.3 is 6.09 Å². The topological polar surface area (TPSA) is 131 Å². The molecular weight excluding hydrogens is 496 g/mol. The van der Waals surface area contributed by atoms with Gasteiger partial charge in [0.15, 0.2) is 0 Å². The highest BCUT2D eigenvalue weighted by Crippen LogP contribution is 2.36. The van der Waals surface area contributed by atoms with E-state index in [9.17, 15) is 19.2 Å². The fraction of sp³-hybridized carbons (Fsp3) is 0.667. The van der Waals surface area contributed by atoms with Gasteiger partial charge in [0.25, 0.3) is 0 Å². The summed E-state index contributed by atoms with van der Waals surface area (Å²) in [5.74, 6) is -1.19. The summed E-state index contributed by atoms with van der Waals surface area (Å²) >= 11 is 0. The van der Waals surface area contributed by atoms with Gasteiger partial charge in [0.2, 0.25) is 17.7 Å². The number of carbonyl (C=O) groups excluding carboxylic acids is 4. The molecule has 2 fully saturated rings. The van der Waals surface area contributed by atoms with Gasteiger partial charge in [0.1, 0.15) is 17.7 Å². The molecule has 0 spiro atoms. The Balaban J connectivity index is 2.01. The van der Waals surface area contributed by atoms with Crippen LogP contribution in [0.1, 0.15) is 108 Å². The third-order valence-corrected chi connectivity index (χ3v) is 7.81. The minimum atomic E-state index is -1.07. The maximum absolute atomic E-state index is 14.3. The number of carbonyl (C=O) groups is 4. The molecule has 0 aromatic heterocycles. The normalized spacial score (nSPS) is 17.9. The van der Waals surface area contributed by atoms with Crippen molar-refractivity contribution >= 4 is 23.8 Å².